The number of hydrogen-bond donors (Lipinski definition) is 0. The van der Waals surface area contributed by atoms with Crippen LogP contribution in [0.25, 0.3) is 0 Å². The van der Waals surface area contributed by atoms with Crippen LogP contribution in [0.4, 0.5) is 0 Å². The molecule has 2 nitrogen and oxygen atoms in total. The molecule has 2 atom stereocenters. The fourth-order valence-corrected chi connectivity index (χ4v) is 0.787. The molecule has 0 unspecified atom stereocenters. The molecule has 0 heterocycles. The van der Waals surface area contributed by atoms with Crippen molar-refractivity contribution in [1.82, 2.24) is 4.90 Å². The molecule has 0 aromatic rings. The molecule has 2 heteroatoms. The summed E-state index contributed by atoms with van der Waals surface area (Å²) in [4.78, 5) is 12.9. The first-order valence-electron chi connectivity index (χ1n) is 3.63. The molecule has 0 bridgehead atoms. The molecular formula is C8H17NO. The average molecular weight is 143 g/mol. The molecule has 0 radical (unpaired) electrons. The first kappa shape index (κ1) is 9.63. The summed E-state index contributed by atoms with van der Waals surface area (Å²) in [6.45, 7) is 5.67. The van der Waals surface area contributed by atoms with E-state index in [0.717, 1.165) is 0 Å². The normalized spacial score (nSPS) is 17.0. The minimum Gasteiger partial charge on any atom is -0.306 e. The third-order valence-corrected chi connectivity index (χ3v) is 2.18. The van der Waals surface area contributed by atoms with Crippen LogP contribution < -0.4 is 0 Å². The van der Waals surface area contributed by atoms with E-state index in [1.165, 1.54) is 0 Å². The number of ketones is 1. The average Bonchev–Trinajstić information content (AvgIpc) is 1.84. The second kappa shape index (κ2) is 3.71. The van der Waals surface area contributed by atoms with Gasteiger partial charge >= 0.3 is 0 Å². The zero-order valence-electron chi connectivity index (χ0n) is 7.51. The number of nitrogens with zero attached hydrogens (tertiary/aromatic N) is 1. The summed E-state index contributed by atoms with van der Waals surface area (Å²) in [6, 6.07) is 0.345. The van der Waals surface area contributed by atoms with E-state index in [4.69, 9.17) is 0 Å². The van der Waals surface area contributed by atoms with Gasteiger partial charge in [0.15, 0.2) is 0 Å². The third kappa shape index (κ3) is 2.48. The van der Waals surface area contributed by atoms with E-state index in [2.05, 4.69) is 11.8 Å². The van der Waals surface area contributed by atoms with Crippen molar-refractivity contribution in [2.45, 2.75) is 26.8 Å². The summed E-state index contributed by atoms with van der Waals surface area (Å²) in [6.07, 6.45) is 0. The maximum Gasteiger partial charge on any atom is 0.134 e. The van der Waals surface area contributed by atoms with E-state index in [-0.39, 0.29) is 11.7 Å². The van der Waals surface area contributed by atoms with Crippen molar-refractivity contribution >= 4 is 5.78 Å². The summed E-state index contributed by atoms with van der Waals surface area (Å²) in [5.74, 6) is 0.413. The van der Waals surface area contributed by atoms with Crippen molar-refractivity contribution in [1.29, 1.82) is 0 Å². The highest BCUT2D eigenvalue weighted by atomic mass is 16.1. The molecule has 0 spiro atoms. The first-order valence-corrected chi connectivity index (χ1v) is 3.63. The summed E-state index contributed by atoms with van der Waals surface area (Å²) >= 11 is 0. The molecule has 0 aromatic carbocycles. The van der Waals surface area contributed by atoms with E-state index in [1.807, 2.05) is 21.0 Å². The summed E-state index contributed by atoms with van der Waals surface area (Å²) < 4.78 is 0. The van der Waals surface area contributed by atoms with Crippen molar-refractivity contribution in [3.05, 3.63) is 0 Å². The maximum atomic E-state index is 10.9. The largest absolute Gasteiger partial charge is 0.306 e. The van der Waals surface area contributed by atoms with Gasteiger partial charge in [-0.05, 0) is 27.9 Å². The van der Waals surface area contributed by atoms with Gasteiger partial charge in [0.1, 0.15) is 5.78 Å². The predicted octanol–water partition coefficient (Wildman–Crippen LogP) is 1.16. The van der Waals surface area contributed by atoms with E-state index >= 15 is 0 Å². The van der Waals surface area contributed by atoms with Gasteiger partial charge < -0.3 is 4.90 Å². The highest BCUT2D eigenvalue weighted by Crippen LogP contribution is 2.07. The predicted molar refractivity (Wildman–Crippen MR) is 43.0 cm³/mol. The second-order valence-electron chi connectivity index (χ2n) is 3.10. The molecule has 0 aromatic heterocycles. The molecule has 10 heavy (non-hydrogen) atoms. The second-order valence-corrected chi connectivity index (χ2v) is 3.10. The zero-order valence-corrected chi connectivity index (χ0v) is 7.51. The van der Waals surface area contributed by atoms with Gasteiger partial charge in [0.2, 0.25) is 0 Å². The van der Waals surface area contributed by atoms with Crippen LogP contribution in [-0.2, 0) is 4.79 Å². The lowest BCUT2D eigenvalue weighted by atomic mass is 9.99. The number of rotatable bonds is 3. The molecule has 60 valence electrons. The Labute approximate surface area is 63.2 Å². The molecular weight excluding hydrogens is 126 g/mol. The van der Waals surface area contributed by atoms with Gasteiger partial charge in [0, 0.05) is 12.0 Å². The number of carbonyl (C=O) groups is 1. The topological polar surface area (TPSA) is 20.3 Å². The van der Waals surface area contributed by atoms with Crippen molar-refractivity contribution < 1.29 is 4.79 Å². The Kier molecular flexibility index (Phi) is 3.58. The maximum absolute atomic E-state index is 10.9. The third-order valence-electron chi connectivity index (χ3n) is 2.18. The van der Waals surface area contributed by atoms with Crippen molar-refractivity contribution in [3.8, 4) is 0 Å². The summed E-state index contributed by atoms with van der Waals surface area (Å²) in [5.41, 5.74) is 0. The fraction of sp³-hybridized carbons (Fsp3) is 0.875. The van der Waals surface area contributed by atoms with E-state index in [0.29, 0.717) is 6.04 Å². The number of hydrogen-bond acceptors (Lipinski definition) is 2. The van der Waals surface area contributed by atoms with Crippen LogP contribution in [0.5, 0.6) is 0 Å². The van der Waals surface area contributed by atoms with Gasteiger partial charge in [-0.25, -0.2) is 0 Å². The SMILES string of the molecule is CC(=O)[C@H](C)[C@H](C)N(C)C. The fourth-order valence-electron chi connectivity index (χ4n) is 0.787. The quantitative estimate of drug-likeness (QED) is 0.591. The van der Waals surface area contributed by atoms with Gasteiger partial charge in [0.25, 0.3) is 0 Å². The Morgan fingerprint density at radius 2 is 1.70 bits per heavy atom. The number of carbonyl (C=O) groups excluding carboxylic acids is 1. The summed E-state index contributed by atoms with van der Waals surface area (Å²) in [5, 5.41) is 0. The van der Waals surface area contributed by atoms with Crippen LogP contribution in [0.1, 0.15) is 20.8 Å². The van der Waals surface area contributed by atoms with Gasteiger partial charge in [-0.1, -0.05) is 6.92 Å². The smallest absolute Gasteiger partial charge is 0.134 e. The monoisotopic (exact) mass is 143 g/mol. The Hall–Kier alpha value is -0.370. The van der Waals surface area contributed by atoms with Crippen LogP contribution in [0.15, 0.2) is 0 Å². The van der Waals surface area contributed by atoms with Gasteiger partial charge in [0.05, 0.1) is 0 Å². The first-order chi connectivity index (χ1) is 4.46. The lowest BCUT2D eigenvalue weighted by molar-refractivity contribution is -0.121. The Morgan fingerprint density at radius 1 is 1.30 bits per heavy atom. The Morgan fingerprint density at radius 3 is 1.80 bits per heavy atom. The minimum absolute atomic E-state index is 0.148. The van der Waals surface area contributed by atoms with Crippen LogP contribution in [0.3, 0.4) is 0 Å². The lowest BCUT2D eigenvalue weighted by Gasteiger charge is -2.24. The van der Waals surface area contributed by atoms with Crippen LogP contribution >= 0.6 is 0 Å². The molecule has 0 rings (SSSR count). The van der Waals surface area contributed by atoms with E-state index < -0.39 is 0 Å². The molecule has 0 aliphatic heterocycles. The van der Waals surface area contributed by atoms with Crippen LogP contribution in [0.2, 0.25) is 0 Å². The summed E-state index contributed by atoms with van der Waals surface area (Å²) in [7, 11) is 3.98. The van der Waals surface area contributed by atoms with Crippen LogP contribution in [-0.4, -0.2) is 30.8 Å². The zero-order chi connectivity index (χ0) is 8.31. The standard InChI is InChI=1S/C8H17NO/c1-6(8(3)10)7(2)9(4)5/h6-7H,1-5H3/t6-,7+/m1/s1. The van der Waals surface area contributed by atoms with Gasteiger partial charge in [-0.15, -0.1) is 0 Å². The molecule has 0 aliphatic rings. The number of Topliss-reactive ketones (excluding diaryl/α,β-unsaturated/α-hetero) is 1. The van der Waals surface area contributed by atoms with Crippen molar-refractivity contribution in [2.24, 2.45) is 5.92 Å². The van der Waals surface area contributed by atoms with Crippen LogP contribution in [0, 0.1) is 5.92 Å². The molecule has 0 aliphatic carbocycles. The molecule has 0 N–H and O–H groups in total. The van der Waals surface area contributed by atoms with Gasteiger partial charge in [-0.2, -0.15) is 0 Å². The lowest BCUT2D eigenvalue weighted by Crippen LogP contribution is -2.34. The van der Waals surface area contributed by atoms with Crippen molar-refractivity contribution in [3.63, 3.8) is 0 Å². The Balaban J connectivity index is 3.94. The van der Waals surface area contributed by atoms with E-state index in [1.54, 1.807) is 6.92 Å². The minimum atomic E-state index is 0.148. The molecule has 0 fully saturated rings. The van der Waals surface area contributed by atoms with Crippen molar-refractivity contribution in [2.75, 3.05) is 14.1 Å². The molecule has 0 amide bonds. The highest BCUT2D eigenvalue weighted by molar-refractivity contribution is 5.78. The Bertz CT molecular complexity index is 120. The molecule has 0 saturated carbocycles. The highest BCUT2D eigenvalue weighted by Gasteiger charge is 2.17. The van der Waals surface area contributed by atoms with E-state index in [9.17, 15) is 4.79 Å². The molecule has 0 saturated heterocycles. The van der Waals surface area contributed by atoms with Gasteiger partial charge in [-0.3, -0.25) is 4.79 Å².